The Labute approximate surface area is 147 Å². The molecular formula is C20H23NO4. The molecule has 2 unspecified atom stereocenters. The SMILES string of the molecule is Cc1ccc(C)c(OCC(=O)NC(c2ccccc2)C(C)C(=O)O)c1. The number of carbonyl (C=O) groups excluding carboxylic acids is 1. The highest BCUT2D eigenvalue weighted by Crippen LogP contribution is 2.23. The number of aryl methyl sites for hydroxylation is 2. The highest BCUT2D eigenvalue weighted by atomic mass is 16.5. The van der Waals surface area contributed by atoms with Crippen LogP contribution in [0.4, 0.5) is 0 Å². The summed E-state index contributed by atoms with van der Waals surface area (Å²) in [6.07, 6.45) is 0. The number of benzene rings is 2. The van der Waals surface area contributed by atoms with Gasteiger partial charge in [-0.25, -0.2) is 0 Å². The van der Waals surface area contributed by atoms with Crippen LogP contribution in [0.25, 0.3) is 0 Å². The maximum atomic E-state index is 12.3. The number of carboxylic acids is 1. The lowest BCUT2D eigenvalue weighted by Gasteiger charge is -2.23. The summed E-state index contributed by atoms with van der Waals surface area (Å²) < 4.78 is 5.60. The Morgan fingerprint density at radius 2 is 1.80 bits per heavy atom. The summed E-state index contributed by atoms with van der Waals surface area (Å²) in [5.74, 6) is -1.43. The van der Waals surface area contributed by atoms with Gasteiger partial charge in [0.05, 0.1) is 12.0 Å². The fourth-order valence-corrected chi connectivity index (χ4v) is 2.52. The lowest BCUT2D eigenvalue weighted by atomic mass is 9.94. The molecule has 5 heteroatoms. The number of ether oxygens (including phenoxy) is 1. The van der Waals surface area contributed by atoms with Gasteiger partial charge in [-0.2, -0.15) is 0 Å². The van der Waals surface area contributed by atoms with E-state index in [9.17, 15) is 14.7 Å². The second kappa shape index (κ2) is 8.33. The second-order valence-electron chi connectivity index (χ2n) is 6.14. The van der Waals surface area contributed by atoms with Crippen LogP contribution in [0, 0.1) is 19.8 Å². The first-order valence-electron chi connectivity index (χ1n) is 8.15. The summed E-state index contributed by atoms with van der Waals surface area (Å²) >= 11 is 0. The molecule has 2 atom stereocenters. The van der Waals surface area contributed by atoms with Gasteiger partial charge in [-0.15, -0.1) is 0 Å². The molecule has 1 amide bonds. The van der Waals surface area contributed by atoms with Crippen molar-refractivity contribution in [3.05, 3.63) is 65.2 Å². The molecule has 2 rings (SSSR count). The minimum absolute atomic E-state index is 0.167. The zero-order valence-electron chi connectivity index (χ0n) is 14.7. The molecule has 0 heterocycles. The van der Waals surface area contributed by atoms with Crippen molar-refractivity contribution in [1.82, 2.24) is 5.32 Å². The largest absolute Gasteiger partial charge is 0.483 e. The van der Waals surface area contributed by atoms with Crippen molar-refractivity contribution in [3.8, 4) is 5.75 Å². The normalized spacial score (nSPS) is 12.9. The Morgan fingerprint density at radius 1 is 1.12 bits per heavy atom. The minimum atomic E-state index is -0.968. The van der Waals surface area contributed by atoms with E-state index in [0.717, 1.165) is 16.7 Å². The molecule has 132 valence electrons. The summed E-state index contributed by atoms with van der Waals surface area (Å²) in [6, 6.07) is 14.2. The molecule has 5 nitrogen and oxygen atoms in total. The molecule has 25 heavy (non-hydrogen) atoms. The van der Waals surface area contributed by atoms with Gasteiger partial charge in [-0.05, 0) is 43.5 Å². The first kappa shape index (κ1) is 18.5. The average molecular weight is 341 g/mol. The highest BCUT2D eigenvalue weighted by Gasteiger charge is 2.26. The molecule has 0 aliphatic carbocycles. The van der Waals surface area contributed by atoms with E-state index in [2.05, 4.69) is 5.32 Å². The zero-order chi connectivity index (χ0) is 18.4. The van der Waals surface area contributed by atoms with E-state index in [-0.39, 0.29) is 12.5 Å². The van der Waals surface area contributed by atoms with Crippen LogP contribution >= 0.6 is 0 Å². The standard InChI is InChI=1S/C20H23NO4/c1-13-9-10-14(2)17(11-13)25-12-18(22)21-19(15(3)20(23)24)16-7-5-4-6-8-16/h4-11,15,19H,12H2,1-3H3,(H,21,22)(H,23,24). The predicted octanol–water partition coefficient (Wildman–Crippen LogP) is 3.26. The van der Waals surface area contributed by atoms with E-state index < -0.39 is 17.9 Å². The summed E-state index contributed by atoms with van der Waals surface area (Å²) in [6.45, 7) is 5.27. The van der Waals surface area contributed by atoms with Gasteiger partial charge >= 0.3 is 5.97 Å². The van der Waals surface area contributed by atoms with Crippen molar-refractivity contribution in [2.45, 2.75) is 26.8 Å². The maximum Gasteiger partial charge on any atom is 0.308 e. The predicted molar refractivity (Wildman–Crippen MR) is 95.5 cm³/mol. The second-order valence-corrected chi connectivity index (χ2v) is 6.14. The average Bonchev–Trinajstić information content (AvgIpc) is 2.60. The summed E-state index contributed by atoms with van der Waals surface area (Å²) in [5.41, 5.74) is 2.73. The molecule has 2 N–H and O–H groups in total. The summed E-state index contributed by atoms with van der Waals surface area (Å²) in [4.78, 5) is 23.7. The smallest absolute Gasteiger partial charge is 0.308 e. The van der Waals surface area contributed by atoms with E-state index >= 15 is 0 Å². The van der Waals surface area contributed by atoms with Crippen LogP contribution < -0.4 is 10.1 Å². The quantitative estimate of drug-likeness (QED) is 0.810. The lowest BCUT2D eigenvalue weighted by Crippen LogP contribution is -2.38. The molecule has 0 saturated carbocycles. The monoisotopic (exact) mass is 341 g/mol. The van der Waals surface area contributed by atoms with E-state index in [1.165, 1.54) is 0 Å². The molecule has 0 spiro atoms. The van der Waals surface area contributed by atoms with Gasteiger partial charge in [0.15, 0.2) is 6.61 Å². The molecule has 0 aromatic heterocycles. The van der Waals surface area contributed by atoms with Gasteiger partial charge in [0.1, 0.15) is 5.75 Å². The summed E-state index contributed by atoms with van der Waals surface area (Å²) in [5, 5.41) is 12.1. The third-order valence-corrected chi connectivity index (χ3v) is 4.07. The first-order valence-corrected chi connectivity index (χ1v) is 8.15. The van der Waals surface area contributed by atoms with Crippen LogP contribution in [-0.4, -0.2) is 23.6 Å². The van der Waals surface area contributed by atoms with Crippen LogP contribution in [0.15, 0.2) is 48.5 Å². The molecule has 0 saturated heterocycles. The van der Waals surface area contributed by atoms with Crippen LogP contribution in [0.3, 0.4) is 0 Å². The number of amides is 1. The number of carboxylic acid groups (broad SMARTS) is 1. The van der Waals surface area contributed by atoms with Gasteiger partial charge in [0.2, 0.25) is 0 Å². The van der Waals surface area contributed by atoms with E-state index in [4.69, 9.17) is 4.74 Å². The fraction of sp³-hybridized carbons (Fsp3) is 0.300. The zero-order valence-corrected chi connectivity index (χ0v) is 14.7. The fourth-order valence-electron chi connectivity index (χ4n) is 2.52. The first-order chi connectivity index (χ1) is 11.9. The Morgan fingerprint density at radius 3 is 2.44 bits per heavy atom. The summed E-state index contributed by atoms with van der Waals surface area (Å²) in [7, 11) is 0. The third-order valence-electron chi connectivity index (χ3n) is 4.07. The van der Waals surface area contributed by atoms with Gasteiger partial charge in [-0.1, -0.05) is 42.5 Å². The lowest BCUT2D eigenvalue weighted by molar-refractivity contribution is -0.142. The van der Waals surface area contributed by atoms with Crippen LogP contribution in [0.2, 0.25) is 0 Å². The molecular weight excluding hydrogens is 318 g/mol. The Hall–Kier alpha value is -2.82. The molecule has 0 aliphatic heterocycles. The van der Waals surface area contributed by atoms with Crippen molar-refractivity contribution in [2.24, 2.45) is 5.92 Å². The molecule has 2 aromatic carbocycles. The number of carbonyl (C=O) groups is 2. The third kappa shape index (κ3) is 5.08. The van der Waals surface area contributed by atoms with Gasteiger partial charge < -0.3 is 15.2 Å². The Kier molecular flexibility index (Phi) is 6.17. The van der Waals surface area contributed by atoms with Crippen molar-refractivity contribution < 1.29 is 19.4 Å². The van der Waals surface area contributed by atoms with E-state index in [1.807, 2.05) is 50.2 Å². The van der Waals surface area contributed by atoms with Gasteiger partial charge in [-0.3, -0.25) is 9.59 Å². The number of nitrogens with one attached hydrogen (secondary N) is 1. The van der Waals surface area contributed by atoms with Gasteiger partial charge in [0, 0.05) is 0 Å². The Bertz CT molecular complexity index is 743. The van der Waals surface area contributed by atoms with Crippen LogP contribution in [-0.2, 0) is 9.59 Å². The number of hydrogen-bond donors (Lipinski definition) is 2. The van der Waals surface area contributed by atoms with Gasteiger partial charge in [0.25, 0.3) is 5.91 Å². The topological polar surface area (TPSA) is 75.6 Å². The highest BCUT2D eigenvalue weighted by molar-refractivity contribution is 5.79. The number of hydrogen-bond acceptors (Lipinski definition) is 3. The van der Waals surface area contributed by atoms with Crippen molar-refractivity contribution in [2.75, 3.05) is 6.61 Å². The molecule has 0 fully saturated rings. The van der Waals surface area contributed by atoms with Crippen LogP contribution in [0.1, 0.15) is 29.7 Å². The number of rotatable bonds is 7. The molecule has 2 aromatic rings. The maximum absolute atomic E-state index is 12.3. The molecule has 0 bridgehead atoms. The van der Waals surface area contributed by atoms with Crippen molar-refractivity contribution in [3.63, 3.8) is 0 Å². The minimum Gasteiger partial charge on any atom is -0.483 e. The van der Waals surface area contributed by atoms with Crippen molar-refractivity contribution >= 4 is 11.9 Å². The van der Waals surface area contributed by atoms with Crippen molar-refractivity contribution in [1.29, 1.82) is 0 Å². The van der Waals surface area contributed by atoms with E-state index in [0.29, 0.717) is 5.75 Å². The van der Waals surface area contributed by atoms with E-state index in [1.54, 1.807) is 19.1 Å². The molecule has 0 radical (unpaired) electrons. The number of aliphatic carboxylic acids is 1. The molecule has 0 aliphatic rings. The Balaban J connectivity index is 2.06. The van der Waals surface area contributed by atoms with Crippen LogP contribution in [0.5, 0.6) is 5.75 Å².